The first-order valence-corrected chi connectivity index (χ1v) is 5.10. The van der Waals surface area contributed by atoms with E-state index in [9.17, 15) is 9.59 Å². The first kappa shape index (κ1) is 10.5. The minimum absolute atomic E-state index is 0.156. The van der Waals surface area contributed by atoms with Gasteiger partial charge in [-0.1, -0.05) is 0 Å². The molecular weight excluding hydrogens is 206 g/mol. The molecule has 2 rings (SSSR count). The zero-order chi connectivity index (χ0) is 11.5. The van der Waals surface area contributed by atoms with E-state index in [1.807, 2.05) is 18.2 Å². The largest absolute Gasteiger partial charge is 0.385 e. The summed E-state index contributed by atoms with van der Waals surface area (Å²) in [7, 11) is 0. The van der Waals surface area contributed by atoms with E-state index in [0.717, 1.165) is 16.7 Å². The molecule has 0 aliphatic rings. The fourth-order valence-corrected chi connectivity index (χ4v) is 1.53. The third kappa shape index (κ3) is 2.31. The maximum Gasteiger partial charge on any atom is 0.323 e. The molecule has 0 aliphatic carbocycles. The van der Waals surface area contributed by atoms with Crippen LogP contribution in [0.5, 0.6) is 0 Å². The van der Waals surface area contributed by atoms with Crippen LogP contribution >= 0.6 is 0 Å². The minimum Gasteiger partial charge on any atom is -0.385 e. The van der Waals surface area contributed by atoms with Gasteiger partial charge in [-0.3, -0.25) is 4.79 Å². The van der Waals surface area contributed by atoms with Crippen LogP contribution in [0.1, 0.15) is 13.3 Å². The molecule has 5 nitrogen and oxygen atoms in total. The molecule has 0 saturated heterocycles. The number of hydrogen-bond donors (Lipinski definition) is 3. The second kappa shape index (κ2) is 4.22. The van der Waals surface area contributed by atoms with Crippen LogP contribution in [0.2, 0.25) is 0 Å². The van der Waals surface area contributed by atoms with E-state index in [0.29, 0.717) is 13.0 Å². The van der Waals surface area contributed by atoms with Crippen LogP contribution in [-0.2, 0) is 4.79 Å². The first-order chi connectivity index (χ1) is 7.65. The summed E-state index contributed by atoms with van der Waals surface area (Å²) in [4.78, 5) is 27.1. The van der Waals surface area contributed by atoms with Crippen LogP contribution < -0.4 is 11.0 Å². The van der Waals surface area contributed by atoms with Crippen LogP contribution in [0.3, 0.4) is 0 Å². The lowest BCUT2D eigenvalue weighted by Crippen LogP contribution is -2.05. The Balaban J connectivity index is 2.13. The lowest BCUT2D eigenvalue weighted by molar-refractivity contribution is -0.116. The highest BCUT2D eigenvalue weighted by Gasteiger charge is 1.99. The maximum atomic E-state index is 11.0. The summed E-state index contributed by atoms with van der Waals surface area (Å²) in [5.74, 6) is 0.156. The van der Waals surface area contributed by atoms with Crippen molar-refractivity contribution in [3.8, 4) is 0 Å². The van der Waals surface area contributed by atoms with Crippen molar-refractivity contribution in [3.05, 3.63) is 28.7 Å². The van der Waals surface area contributed by atoms with Gasteiger partial charge in [-0.25, -0.2) is 4.79 Å². The second-order valence-corrected chi connectivity index (χ2v) is 3.72. The summed E-state index contributed by atoms with van der Waals surface area (Å²) in [6, 6.07) is 5.53. The Kier molecular flexibility index (Phi) is 2.76. The molecule has 1 aromatic carbocycles. The number of aromatic amines is 2. The predicted molar refractivity (Wildman–Crippen MR) is 62.7 cm³/mol. The number of hydrogen-bond acceptors (Lipinski definition) is 3. The molecule has 84 valence electrons. The molecule has 0 saturated carbocycles. The number of ketones is 1. The van der Waals surface area contributed by atoms with Gasteiger partial charge in [0.25, 0.3) is 0 Å². The van der Waals surface area contributed by atoms with Gasteiger partial charge in [0.15, 0.2) is 0 Å². The summed E-state index contributed by atoms with van der Waals surface area (Å²) in [6.45, 7) is 2.17. The van der Waals surface area contributed by atoms with Crippen molar-refractivity contribution >= 4 is 22.5 Å². The van der Waals surface area contributed by atoms with Crippen LogP contribution in [0.15, 0.2) is 23.0 Å². The van der Waals surface area contributed by atoms with E-state index >= 15 is 0 Å². The molecule has 0 bridgehead atoms. The number of benzene rings is 1. The summed E-state index contributed by atoms with van der Waals surface area (Å²) >= 11 is 0. The average Bonchev–Trinajstić information content (AvgIpc) is 2.56. The Morgan fingerprint density at radius 3 is 2.81 bits per heavy atom. The lowest BCUT2D eigenvalue weighted by Gasteiger charge is -2.04. The van der Waals surface area contributed by atoms with Gasteiger partial charge in [-0.2, -0.15) is 0 Å². The number of imidazole rings is 1. The van der Waals surface area contributed by atoms with Gasteiger partial charge in [0.05, 0.1) is 11.0 Å². The zero-order valence-corrected chi connectivity index (χ0v) is 8.96. The second-order valence-electron chi connectivity index (χ2n) is 3.72. The topological polar surface area (TPSA) is 77.8 Å². The van der Waals surface area contributed by atoms with E-state index < -0.39 is 0 Å². The Morgan fingerprint density at radius 2 is 2.06 bits per heavy atom. The van der Waals surface area contributed by atoms with E-state index in [1.165, 1.54) is 0 Å². The van der Waals surface area contributed by atoms with Crippen LogP contribution in [0.25, 0.3) is 11.0 Å². The number of H-pyrrole nitrogens is 2. The fourth-order valence-electron chi connectivity index (χ4n) is 1.53. The van der Waals surface area contributed by atoms with Gasteiger partial charge in [0, 0.05) is 18.7 Å². The zero-order valence-electron chi connectivity index (χ0n) is 8.96. The van der Waals surface area contributed by atoms with Crippen LogP contribution in [0, 0.1) is 0 Å². The first-order valence-electron chi connectivity index (χ1n) is 5.10. The molecule has 1 aromatic heterocycles. The predicted octanol–water partition coefficient (Wildman–Crippen LogP) is 1.25. The molecule has 0 aliphatic heterocycles. The van der Waals surface area contributed by atoms with E-state index in [1.54, 1.807) is 6.92 Å². The van der Waals surface area contributed by atoms with Crippen molar-refractivity contribution in [2.45, 2.75) is 13.3 Å². The van der Waals surface area contributed by atoms with Crippen molar-refractivity contribution in [2.24, 2.45) is 0 Å². The summed E-state index contributed by atoms with van der Waals surface area (Å²) < 4.78 is 0. The third-order valence-corrected chi connectivity index (χ3v) is 2.32. The molecule has 3 N–H and O–H groups in total. The molecule has 2 aromatic rings. The smallest absolute Gasteiger partial charge is 0.323 e. The van der Waals surface area contributed by atoms with Gasteiger partial charge < -0.3 is 15.3 Å². The van der Waals surface area contributed by atoms with E-state index in [-0.39, 0.29) is 11.5 Å². The summed E-state index contributed by atoms with van der Waals surface area (Å²) in [6.07, 6.45) is 0.502. The molecule has 16 heavy (non-hydrogen) atoms. The fraction of sp³-hybridized carbons (Fsp3) is 0.273. The summed E-state index contributed by atoms with van der Waals surface area (Å²) in [5.41, 5.74) is 2.22. The number of carbonyl (C=O) groups is 1. The normalized spacial score (nSPS) is 10.6. The SMILES string of the molecule is CC(=O)CCNc1ccc2[nH]c(=O)[nH]c2c1. The van der Waals surface area contributed by atoms with Gasteiger partial charge in [-0.05, 0) is 25.1 Å². The number of carbonyl (C=O) groups excluding carboxylic acids is 1. The number of rotatable bonds is 4. The number of nitrogens with one attached hydrogen (secondary N) is 3. The molecule has 0 atom stereocenters. The number of fused-ring (bicyclic) bond motifs is 1. The van der Waals surface area contributed by atoms with Crippen LogP contribution in [-0.4, -0.2) is 22.3 Å². The molecule has 0 amide bonds. The summed E-state index contributed by atoms with van der Waals surface area (Å²) in [5, 5.41) is 3.12. The molecule has 0 radical (unpaired) electrons. The highest BCUT2D eigenvalue weighted by Crippen LogP contribution is 2.14. The number of aromatic nitrogens is 2. The van der Waals surface area contributed by atoms with Crippen molar-refractivity contribution in [1.82, 2.24) is 9.97 Å². The average molecular weight is 219 g/mol. The van der Waals surface area contributed by atoms with Gasteiger partial charge >= 0.3 is 5.69 Å². The molecule has 5 heteroatoms. The quantitative estimate of drug-likeness (QED) is 0.724. The van der Waals surface area contributed by atoms with Gasteiger partial charge in [0.1, 0.15) is 5.78 Å². The van der Waals surface area contributed by atoms with E-state index in [4.69, 9.17) is 0 Å². The van der Waals surface area contributed by atoms with Crippen LogP contribution in [0.4, 0.5) is 5.69 Å². The highest BCUT2D eigenvalue weighted by atomic mass is 16.1. The molecule has 1 heterocycles. The number of Topliss-reactive ketones (excluding diaryl/α,β-unsaturated/α-hetero) is 1. The Labute approximate surface area is 91.9 Å². The molecule has 0 unspecified atom stereocenters. The number of anilines is 1. The molecule has 0 fully saturated rings. The Hall–Kier alpha value is -2.04. The Bertz CT molecular complexity index is 568. The van der Waals surface area contributed by atoms with Crippen molar-refractivity contribution < 1.29 is 4.79 Å². The highest BCUT2D eigenvalue weighted by molar-refractivity contribution is 5.79. The van der Waals surface area contributed by atoms with Crippen molar-refractivity contribution in [1.29, 1.82) is 0 Å². The maximum absolute atomic E-state index is 11.0. The van der Waals surface area contributed by atoms with Gasteiger partial charge in [-0.15, -0.1) is 0 Å². The molecule has 0 spiro atoms. The molecular formula is C11H13N3O2. The van der Waals surface area contributed by atoms with Gasteiger partial charge in [0.2, 0.25) is 0 Å². The third-order valence-electron chi connectivity index (χ3n) is 2.32. The Morgan fingerprint density at radius 1 is 1.31 bits per heavy atom. The van der Waals surface area contributed by atoms with Crippen molar-refractivity contribution in [3.63, 3.8) is 0 Å². The lowest BCUT2D eigenvalue weighted by atomic mass is 10.2. The van der Waals surface area contributed by atoms with Crippen molar-refractivity contribution in [2.75, 3.05) is 11.9 Å². The minimum atomic E-state index is -0.212. The van der Waals surface area contributed by atoms with E-state index in [2.05, 4.69) is 15.3 Å². The monoisotopic (exact) mass is 219 g/mol. The standard InChI is InChI=1S/C11H13N3O2/c1-7(15)4-5-12-8-2-3-9-10(6-8)14-11(16)13-9/h2-3,6,12H,4-5H2,1H3,(H2,13,14,16).